The predicted molar refractivity (Wildman–Crippen MR) is 82.3 cm³/mol. The highest BCUT2D eigenvalue weighted by molar-refractivity contribution is 6.33. The number of nitrogens with zero attached hydrogens (tertiary/aromatic N) is 1. The number of hydrogen-bond acceptors (Lipinski definition) is 3. The number of nitrogens with one attached hydrogen (secondary N) is 2. The summed E-state index contributed by atoms with van der Waals surface area (Å²) in [4.78, 5) is 16.4. The third kappa shape index (κ3) is 3.63. The normalized spacial score (nSPS) is 22.4. The Kier molecular flexibility index (Phi) is 5.24. The summed E-state index contributed by atoms with van der Waals surface area (Å²) < 4.78 is 0. The summed E-state index contributed by atoms with van der Waals surface area (Å²) >= 11 is 6.07. The maximum atomic E-state index is 12.3. The molecule has 1 aromatic heterocycles. The van der Waals surface area contributed by atoms with E-state index in [0.29, 0.717) is 16.4 Å². The second-order valence-electron chi connectivity index (χ2n) is 5.41. The van der Waals surface area contributed by atoms with Crippen molar-refractivity contribution in [3.05, 3.63) is 22.8 Å². The van der Waals surface area contributed by atoms with Crippen molar-refractivity contribution in [2.24, 2.45) is 5.92 Å². The molecule has 2 N–H and O–H groups in total. The van der Waals surface area contributed by atoms with Gasteiger partial charge in [-0.05, 0) is 24.8 Å². The lowest BCUT2D eigenvalue weighted by Crippen LogP contribution is -2.38. The average Bonchev–Trinajstić information content (AvgIpc) is 2.47. The van der Waals surface area contributed by atoms with Crippen molar-refractivity contribution in [2.75, 3.05) is 12.4 Å². The van der Waals surface area contributed by atoms with Crippen LogP contribution in [0.5, 0.6) is 0 Å². The number of amides is 1. The first-order chi connectivity index (χ1) is 9.63. The molecule has 1 heterocycles. The molecule has 0 bridgehead atoms. The topological polar surface area (TPSA) is 54.0 Å². The Hall–Kier alpha value is -1.29. The molecule has 1 saturated carbocycles. The number of hydrogen-bond donors (Lipinski definition) is 2. The van der Waals surface area contributed by atoms with E-state index >= 15 is 0 Å². The molecule has 0 aromatic carbocycles. The van der Waals surface area contributed by atoms with Gasteiger partial charge in [0.15, 0.2) is 0 Å². The van der Waals surface area contributed by atoms with E-state index in [1.807, 2.05) is 0 Å². The molecule has 2 atom stereocenters. The third-order valence-electron chi connectivity index (χ3n) is 4.05. The Balaban J connectivity index is 2.04. The van der Waals surface area contributed by atoms with Crippen LogP contribution >= 0.6 is 11.6 Å². The minimum Gasteiger partial charge on any atom is -0.373 e. The van der Waals surface area contributed by atoms with E-state index in [2.05, 4.69) is 22.5 Å². The Morgan fingerprint density at radius 3 is 3.00 bits per heavy atom. The van der Waals surface area contributed by atoms with Gasteiger partial charge < -0.3 is 10.6 Å². The summed E-state index contributed by atoms with van der Waals surface area (Å²) in [5.41, 5.74) is 0.490. The quantitative estimate of drug-likeness (QED) is 0.894. The van der Waals surface area contributed by atoms with E-state index < -0.39 is 0 Å². The van der Waals surface area contributed by atoms with Crippen molar-refractivity contribution in [3.8, 4) is 0 Å². The molecule has 1 aliphatic rings. The van der Waals surface area contributed by atoms with E-state index in [1.165, 1.54) is 25.5 Å². The van der Waals surface area contributed by atoms with E-state index in [4.69, 9.17) is 11.6 Å². The van der Waals surface area contributed by atoms with Crippen molar-refractivity contribution in [2.45, 2.75) is 45.1 Å². The van der Waals surface area contributed by atoms with Crippen LogP contribution in [0.3, 0.4) is 0 Å². The molecular formula is C15H22ClN3O. The molecule has 1 aromatic rings. The summed E-state index contributed by atoms with van der Waals surface area (Å²) in [5.74, 6) is 1.28. The Labute approximate surface area is 125 Å². The smallest absolute Gasteiger partial charge is 0.253 e. The molecule has 1 fully saturated rings. The minimum absolute atomic E-state index is 0.101. The van der Waals surface area contributed by atoms with Gasteiger partial charge in [0.2, 0.25) is 0 Å². The van der Waals surface area contributed by atoms with Gasteiger partial charge in [-0.25, -0.2) is 4.98 Å². The van der Waals surface area contributed by atoms with Crippen molar-refractivity contribution >= 4 is 23.3 Å². The Morgan fingerprint density at radius 2 is 2.30 bits per heavy atom. The van der Waals surface area contributed by atoms with Crippen LogP contribution in [0.1, 0.15) is 49.4 Å². The lowest BCUT2D eigenvalue weighted by Gasteiger charge is -2.29. The van der Waals surface area contributed by atoms with Crippen LogP contribution in [0.25, 0.3) is 0 Å². The summed E-state index contributed by atoms with van der Waals surface area (Å²) in [6.45, 7) is 2.22. The van der Waals surface area contributed by atoms with Gasteiger partial charge in [0.1, 0.15) is 5.82 Å². The van der Waals surface area contributed by atoms with E-state index in [-0.39, 0.29) is 11.9 Å². The SMILES string of the molecule is CCC1CCCC(NC(=O)c2cc(NC)ncc2Cl)C1. The molecule has 1 aliphatic carbocycles. The highest BCUT2D eigenvalue weighted by Gasteiger charge is 2.23. The zero-order chi connectivity index (χ0) is 14.5. The first-order valence-corrected chi connectivity index (χ1v) is 7.66. The minimum atomic E-state index is -0.101. The highest BCUT2D eigenvalue weighted by Crippen LogP contribution is 2.27. The fraction of sp³-hybridized carbons (Fsp3) is 0.600. The summed E-state index contributed by atoms with van der Waals surface area (Å²) in [6.07, 6.45) is 7.30. The molecule has 0 radical (unpaired) electrons. The first kappa shape index (κ1) is 15.1. The summed E-state index contributed by atoms with van der Waals surface area (Å²) in [6, 6.07) is 1.96. The van der Waals surface area contributed by atoms with Gasteiger partial charge in [-0.2, -0.15) is 0 Å². The average molecular weight is 296 g/mol. The van der Waals surface area contributed by atoms with Crippen LogP contribution in [-0.4, -0.2) is 24.0 Å². The second-order valence-corrected chi connectivity index (χ2v) is 5.82. The molecular weight excluding hydrogens is 274 g/mol. The molecule has 2 rings (SSSR count). The van der Waals surface area contributed by atoms with Crippen molar-refractivity contribution in [1.29, 1.82) is 0 Å². The molecule has 0 saturated heterocycles. The third-order valence-corrected chi connectivity index (χ3v) is 4.35. The van der Waals surface area contributed by atoms with Crippen LogP contribution in [0.2, 0.25) is 5.02 Å². The zero-order valence-corrected chi connectivity index (χ0v) is 12.8. The fourth-order valence-electron chi connectivity index (χ4n) is 2.81. The zero-order valence-electron chi connectivity index (χ0n) is 12.1. The van der Waals surface area contributed by atoms with Crippen LogP contribution in [-0.2, 0) is 0 Å². The monoisotopic (exact) mass is 295 g/mol. The molecule has 0 spiro atoms. The Bertz CT molecular complexity index is 478. The largest absolute Gasteiger partial charge is 0.373 e. The molecule has 0 aliphatic heterocycles. The number of carbonyl (C=O) groups excluding carboxylic acids is 1. The van der Waals surface area contributed by atoms with Gasteiger partial charge in [0, 0.05) is 19.3 Å². The van der Waals surface area contributed by atoms with Crippen LogP contribution in [0, 0.1) is 5.92 Å². The number of aromatic nitrogens is 1. The van der Waals surface area contributed by atoms with Crippen LogP contribution in [0.4, 0.5) is 5.82 Å². The maximum Gasteiger partial charge on any atom is 0.253 e. The molecule has 5 heteroatoms. The number of rotatable bonds is 4. The Morgan fingerprint density at radius 1 is 1.50 bits per heavy atom. The summed E-state index contributed by atoms with van der Waals surface area (Å²) in [7, 11) is 1.77. The van der Waals surface area contributed by atoms with Crippen molar-refractivity contribution in [3.63, 3.8) is 0 Å². The maximum absolute atomic E-state index is 12.3. The number of halogens is 1. The van der Waals surface area contributed by atoms with Gasteiger partial charge in [0.05, 0.1) is 10.6 Å². The van der Waals surface area contributed by atoms with Gasteiger partial charge in [-0.15, -0.1) is 0 Å². The van der Waals surface area contributed by atoms with Gasteiger partial charge >= 0.3 is 0 Å². The van der Waals surface area contributed by atoms with Gasteiger partial charge in [0.25, 0.3) is 5.91 Å². The predicted octanol–water partition coefficient (Wildman–Crippen LogP) is 3.48. The molecule has 110 valence electrons. The lowest BCUT2D eigenvalue weighted by atomic mass is 9.84. The molecule has 1 amide bonds. The molecule has 2 unspecified atom stereocenters. The van der Waals surface area contributed by atoms with Crippen LogP contribution < -0.4 is 10.6 Å². The molecule has 4 nitrogen and oxygen atoms in total. The van der Waals surface area contributed by atoms with Crippen molar-refractivity contribution in [1.82, 2.24) is 10.3 Å². The van der Waals surface area contributed by atoms with Crippen LogP contribution in [0.15, 0.2) is 12.3 Å². The van der Waals surface area contributed by atoms with Gasteiger partial charge in [-0.3, -0.25) is 4.79 Å². The lowest BCUT2D eigenvalue weighted by molar-refractivity contribution is 0.0919. The van der Waals surface area contributed by atoms with E-state index in [9.17, 15) is 4.79 Å². The number of anilines is 1. The summed E-state index contributed by atoms with van der Waals surface area (Å²) in [5, 5.41) is 6.43. The van der Waals surface area contributed by atoms with E-state index in [1.54, 1.807) is 13.1 Å². The number of carbonyl (C=O) groups is 1. The standard InChI is InChI=1S/C15H22ClN3O/c1-3-10-5-4-6-11(7-10)19-15(20)12-8-14(17-2)18-9-13(12)16/h8-11H,3-7H2,1-2H3,(H,17,18)(H,19,20). The highest BCUT2D eigenvalue weighted by atomic mass is 35.5. The first-order valence-electron chi connectivity index (χ1n) is 7.28. The fourth-order valence-corrected chi connectivity index (χ4v) is 2.99. The van der Waals surface area contributed by atoms with Crippen molar-refractivity contribution < 1.29 is 4.79 Å². The second kappa shape index (κ2) is 6.93. The molecule has 20 heavy (non-hydrogen) atoms. The van der Waals surface area contributed by atoms with Gasteiger partial charge in [-0.1, -0.05) is 37.8 Å². The number of pyridine rings is 1. The van der Waals surface area contributed by atoms with E-state index in [0.717, 1.165) is 18.8 Å².